The molecule has 0 amide bonds. The molecule has 0 bridgehead atoms. The second kappa shape index (κ2) is 7.48. The average Bonchev–Trinajstić information content (AvgIpc) is 3.13. The fourth-order valence-corrected chi connectivity index (χ4v) is 2.69. The topological polar surface area (TPSA) is 77.9 Å². The molecule has 7 heteroatoms. The number of carboxylic acid groups (broad SMARTS) is 1. The highest BCUT2D eigenvalue weighted by atomic mass is 19.1. The Balaban J connectivity index is 1.98. The van der Waals surface area contributed by atoms with Gasteiger partial charge in [-0.3, -0.25) is 0 Å². The van der Waals surface area contributed by atoms with Crippen LogP contribution >= 0.6 is 0 Å². The summed E-state index contributed by atoms with van der Waals surface area (Å²) in [7, 11) is 1.42. The van der Waals surface area contributed by atoms with Crippen LogP contribution in [-0.2, 0) is 4.74 Å². The van der Waals surface area contributed by atoms with Crippen molar-refractivity contribution >= 4 is 5.97 Å². The van der Waals surface area contributed by atoms with Crippen LogP contribution < -0.4 is 9.47 Å². The number of hydrogen-bond acceptors (Lipinski definition) is 5. The SMILES string of the molecule is COc1ncc(C(=O)O)cc1-c1cc(F)ccc1OCC1CCOC1. The van der Waals surface area contributed by atoms with Crippen LogP contribution in [0.5, 0.6) is 11.6 Å². The maximum atomic E-state index is 13.8. The number of carboxylic acids is 1. The number of methoxy groups -OCH3 is 1. The zero-order valence-corrected chi connectivity index (χ0v) is 13.7. The molecule has 1 aliphatic rings. The summed E-state index contributed by atoms with van der Waals surface area (Å²) in [6.07, 6.45) is 2.11. The number of aromatic nitrogens is 1. The van der Waals surface area contributed by atoms with Crippen molar-refractivity contribution in [1.82, 2.24) is 4.98 Å². The average molecular weight is 347 g/mol. The van der Waals surface area contributed by atoms with Crippen LogP contribution in [0.2, 0.25) is 0 Å². The van der Waals surface area contributed by atoms with E-state index in [0.29, 0.717) is 36.7 Å². The van der Waals surface area contributed by atoms with Gasteiger partial charge in [0.05, 0.1) is 25.9 Å². The number of hydrogen-bond donors (Lipinski definition) is 1. The Labute approximate surface area is 144 Å². The summed E-state index contributed by atoms with van der Waals surface area (Å²) in [5, 5.41) is 9.19. The van der Waals surface area contributed by atoms with E-state index in [4.69, 9.17) is 14.2 Å². The van der Waals surface area contributed by atoms with Gasteiger partial charge in [-0.25, -0.2) is 14.2 Å². The van der Waals surface area contributed by atoms with Crippen LogP contribution in [0, 0.1) is 11.7 Å². The fourth-order valence-electron chi connectivity index (χ4n) is 2.69. The molecule has 1 saturated heterocycles. The lowest BCUT2D eigenvalue weighted by Crippen LogP contribution is -2.12. The Morgan fingerprint density at radius 2 is 2.24 bits per heavy atom. The minimum absolute atomic E-state index is 0.0183. The minimum Gasteiger partial charge on any atom is -0.493 e. The van der Waals surface area contributed by atoms with E-state index in [2.05, 4.69) is 4.98 Å². The van der Waals surface area contributed by atoms with Gasteiger partial charge in [-0.2, -0.15) is 0 Å². The number of aromatic carboxylic acids is 1. The Morgan fingerprint density at radius 1 is 1.40 bits per heavy atom. The molecular weight excluding hydrogens is 329 g/mol. The highest BCUT2D eigenvalue weighted by molar-refractivity contribution is 5.90. The predicted octanol–water partition coefficient (Wildman–Crippen LogP) is 3.01. The van der Waals surface area contributed by atoms with Gasteiger partial charge in [0, 0.05) is 29.8 Å². The van der Waals surface area contributed by atoms with Crippen molar-refractivity contribution in [3.05, 3.63) is 41.8 Å². The minimum atomic E-state index is -1.13. The standard InChI is InChI=1S/C18H18FNO5/c1-23-17-15(6-12(8-20-17)18(21)22)14-7-13(19)2-3-16(14)25-10-11-4-5-24-9-11/h2-3,6-8,11H,4-5,9-10H2,1H3,(H,21,22). The smallest absolute Gasteiger partial charge is 0.337 e. The summed E-state index contributed by atoms with van der Waals surface area (Å²) in [6, 6.07) is 5.50. The molecule has 1 unspecified atom stereocenters. The van der Waals surface area contributed by atoms with E-state index in [1.807, 2.05) is 0 Å². The first kappa shape index (κ1) is 17.2. The van der Waals surface area contributed by atoms with Crippen molar-refractivity contribution in [2.45, 2.75) is 6.42 Å². The summed E-state index contributed by atoms with van der Waals surface area (Å²) in [6.45, 7) is 1.78. The van der Waals surface area contributed by atoms with Gasteiger partial charge in [-0.15, -0.1) is 0 Å². The summed E-state index contributed by atoms with van der Waals surface area (Å²) in [5.41, 5.74) is 0.737. The van der Waals surface area contributed by atoms with Crippen molar-refractivity contribution in [3.63, 3.8) is 0 Å². The molecule has 1 aromatic heterocycles. The van der Waals surface area contributed by atoms with Gasteiger partial charge in [0.15, 0.2) is 0 Å². The fraction of sp³-hybridized carbons (Fsp3) is 0.333. The third-order valence-electron chi connectivity index (χ3n) is 4.02. The van der Waals surface area contributed by atoms with E-state index in [1.165, 1.54) is 37.6 Å². The third-order valence-corrected chi connectivity index (χ3v) is 4.02. The highest BCUT2D eigenvalue weighted by Gasteiger charge is 2.20. The first-order valence-electron chi connectivity index (χ1n) is 7.86. The lowest BCUT2D eigenvalue weighted by atomic mass is 10.0. The van der Waals surface area contributed by atoms with Crippen molar-refractivity contribution < 1.29 is 28.5 Å². The van der Waals surface area contributed by atoms with Crippen LogP contribution in [0.25, 0.3) is 11.1 Å². The first-order valence-corrected chi connectivity index (χ1v) is 7.86. The van der Waals surface area contributed by atoms with Crippen molar-refractivity contribution in [2.24, 2.45) is 5.92 Å². The Kier molecular flexibility index (Phi) is 5.14. The number of halogens is 1. The molecule has 2 heterocycles. The van der Waals surface area contributed by atoms with Crippen molar-refractivity contribution in [1.29, 1.82) is 0 Å². The van der Waals surface area contributed by atoms with E-state index < -0.39 is 11.8 Å². The molecule has 0 saturated carbocycles. The van der Waals surface area contributed by atoms with Gasteiger partial charge >= 0.3 is 5.97 Å². The van der Waals surface area contributed by atoms with Crippen LogP contribution in [0.4, 0.5) is 4.39 Å². The molecule has 0 radical (unpaired) electrons. The predicted molar refractivity (Wildman–Crippen MR) is 87.6 cm³/mol. The van der Waals surface area contributed by atoms with Gasteiger partial charge in [-0.05, 0) is 30.7 Å². The van der Waals surface area contributed by atoms with Gasteiger partial charge in [0.25, 0.3) is 0 Å². The number of carbonyl (C=O) groups is 1. The summed E-state index contributed by atoms with van der Waals surface area (Å²) in [5.74, 6) is -0.670. The number of rotatable bonds is 6. The summed E-state index contributed by atoms with van der Waals surface area (Å²) < 4.78 is 30.2. The van der Waals surface area contributed by atoms with E-state index in [0.717, 1.165) is 6.42 Å². The van der Waals surface area contributed by atoms with E-state index in [9.17, 15) is 14.3 Å². The third kappa shape index (κ3) is 3.88. The maximum Gasteiger partial charge on any atom is 0.337 e. The summed E-state index contributed by atoms with van der Waals surface area (Å²) in [4.78, 5) is 15.2. The number of nitrogens with zero attached hydrogens (tertiary/aromatic N) is 1. The Bertz CT molecular complexity index is 774. The second-order valence-electron chi connectivity index (χ2n) is 5.77. The number of ether oxygens (including phenoxy) is 3. The zero-order valence-electron chi connectivity index (χ0n) is 13.7. The van der Waals surface area contributed by atoms with Crippen molar-refractivity contribution in [2.75, 3.05) is 26.9 Å². The molecule has 0 spiro atoms. The molecule has 1 fully saturated rings. The molecular formula is C18H18FNO5. The van der Waals surface area contributed by atoms with Crippen molar-refractivity contribution in [3.8, 4) is 22.8 Å². The monoisotopic (exact) mass is 347 g/mol. The molecule has 0 aliphatic carbocycles. The van der Waals surface area contributed by atoms with Crippen LogP contribution in [0.15, 0.2) is 30.5 Å². The molecule has 3 rings (SSSR count). The largest absolute Gasteiger partial charge is 0.493 e. The maximum absolute atomic E-state index is 13.8. The Morgan fingerprint density at radius 3 is 2.92 bits per heavy atom. The zero-order chi connectivity index (χ0) is 17.8. The number of benzene rings is 1. The van der Waals surface area contributed by atoms with E-state index in [1.54, 1.807) is 0 Å². The van der Waals surface area contributed by atoms with Crippen LogP contribution in [-0.4, -0.2) is 43.0 Å². The molecule has 2 aromatic rings. The lowest BCUT2D eigenvalue weighted by Gasteiger charge is -2.16. The molecule has 132 valence electrons. The molecule has 1 aromatic carbocycles. The van der Waals surface area contributed by atoms with E-state index >= 15 is 0 Å². The van der Waals surface area contributed by atoms with E-state index in [-0.39, 0.29) is 17.4 Å². The summed E-state index contributed by atoms with van der Waals surface area (Å²) >= 11 is 0. The normalized spacial score (nSPS) is 16.6. The quantitative estimate of drug-likeness (QED) is 0.865. The van der Waals surface area contributed by atoms with Gasteiger partial charge in [0.2, 0.25) is 5.88 Å². The van der Waals surface area contributed by atoms with Gasteiger partial charge in [0.1, 0.15) is 11.6 Å². The number of pyridine rings is 1. The van der Waals surface area contributed by atoms with Gasteiger partial charge < -0.3 is 19.3 Å². The lowest BCUT2D eigenvalue weighted by molar-refractivity contribution is 0.0696. The molecule has 6 nitrogen and oxygen atoms in total. The molecule has 1 aliphatic heterocycles. The Hall–Kier alpha value is -2.67. The molecule has 1 N–H and O–H groups in total. The molecule has 1 atom stereocenters. The highest BCUT2D eigenvalue weighted by Crippen LogP contribution is 2.36. The first-order chi connectivity index (χ1) is 12.1. The second-order valence-corrected chi connectivity index (χ2v) is 5.77. The van der Waals surface area contributed by atoms with Crippen LogP contribution in [0.3, 0.4) is 0 Å². The van der Waals surface area contributed by atoms with Crippen LogP contribution in [0.1, 0.15) is 16.8 Å². The molecule has 25 heavy (non-hydrogen) atoms. The van der Waals surface area contributed by atoms with Gasteiger partial charge in [-0.1, -0.05) is 0 Å².